The molecule has 0 bridgehead atoms. The van der Waals surface area contributed by atoms with Crippen LogP contribution in [0.15, 0.2) is 18.2 Å². The molecule has 1 heterocycles. The molecule has 0 aliphatic heterocycles. The summed E-state index contributed by atoms with van der Waals surface area (Å²) in [5.41, 5.74) is 0.889. The molecule has 0 aromatic carbocycles. The molecule has 0 unspecified atom stereocenters. The maximum absolute atomic E-state index is 8.47. The summed E-state index contributed by atoms with van der Waals surface area (Å²) in [5.74, 6) is 0. The fourth-order valence-electron chi connectivity index (χ4n) is 0.613. The van der Waals surface area contributed by atoms with Crippen LogP contribution in [-0.4, -0.2) is 16.7 Å². The molecule has 2 nitrogen and oxygen atoms in total. The molecule has 47 valence electrons. The van der Waals surface area contributed by atoms with E-state index in [2.05, 4.69) is 11.2 Å². The van der Waals surface area contributed by atoms with Gasteiger partial charge in [-0.2, -0.15) is 0 Å². The molecule has 1 aromatic heterocycles. The SMILES string of the molecule is OCCc1ccc[c]n1. The van der Waals surface area contributed by atoms with E-state index < -0.39 is 0 Å². The van der Waals surface area contributed by atoms with Gasteiger partial charge in [0, 0.05) is 18.7 Å². The summed E-state index contributed by atoms with van der Waals surface area (Å²) in [6, 6.07) is 5.46. The molecular weight excluding hydrogens is 114 g/mol. The average molecular weight is 122 g/mol. The molecule has 0 fully saturated rings. The Morgan fingerprint density at radius 1 is 1.67 bits per heavy atom. The largest absolute Gasteiger partial charge is 0.396 e. The van der Waals surface area contributed by atoms with Crippen molar-refractivity contribution < 1.29 is 5.11 Å². The predicted octanol–water partition coefficient (Wildman–Crippen LogP) is 0.417. The van der Waals surface area contributed by atoms with E-state index in [4.69, 9.17) is 5.11 Å². The van der Waals surface area contributed by atoms with Crippen LogP contribution in [-0.2, 0) is 6.42 Å². The molecule has 0 aliphatic carbocycles. The van der Waals surface area contributed by atoms with Crippen LogP contribution in [0.5, 0.6) is 0 Å². The first-order valence-electron chi connectivity index (χ1n) is 2.86. The zero-order valence-electron chi connectivity index (χ0n) is 5.04. The van der Waals surface area contributed by atoms with Crippen LogP contribution in [0.3, 0.4) is 0 Å². The lowest BCUT2D eigenvalue weighted by Crippen LogP contribution is -1.92. The number of nitrogens with zero attached hydrogens (tertiary/aromatic N) is 1. The normalized spacial score (nSPS) is 9.44. The minimum Gasteiger partial charge on any atom is -0.396 e. The Balaban J connectivity index is 2.61. The van der Waals surface area contributed by atoms with Crippen LogP contribution in [0.4, 0.5) is 0 Å². The van der Waals surface area contributed by atoms with Crippen molar-refractivity contribution in [3.05, 3.63) is 30.1 Å². The van der Waals surface area contributed by atoms with Gasteiger partial charge in [0.05, 0.1) is 6.20 Å². The first kappa shape index (κ1) is 6.23. The zero-order valence-corrected chi connectivity index (χ0v) is 5.04. The number of aliphatic hydroxyl groups excluding tert-OH is 1. The minimum atomic E-state index is 0.158. The minimum absolute atomic E-state index is 0.158. The van der Waals surface area contributed by atoms with E-state index in [0.717, 1.165) is 5.69 Å². The zero-order chi connectivity index (χ0) is 6.53. The van der Waals surface area contributed by atoms with Gasteiger partial charge in [-0.1, -0.05) is 6.07 Å². The van der Waals surface area contributed by atoms with Gasteiger partial charge in [-0.25, -0.2) is 0 Å². The summed E-state index contributed by atoms with van der Waals surface area (Å²) < 4.78 is 0. The van der Waals surface area contributed by atoms with Gasteiger partial charge < -0.3 is 5.11 Å². The number of aromatic nitrogens is 1. The van der Waals surface area contributed by atoms with Gasteiger partial charge in [-0.15, -0.1) is 0 Å². The highest BCUT2D eigenvalue weighted by Gasteiger charge is 1.87. The molecule has 0 saturated heterocycles. The summed E-state index contributed by atoms with van der Waals surface area (Å²) in [7, 11) is 0. The van der Waals surface area contributed by atoms with Gasteiger partial charge in [0.2, 0.25) is 0 Å². The van der Waals surface area contributed by atoms with Gasteiger partial charge >= 0.3 is 0 Å². The second-order valence-corrected chi connectivity index (χ2v) is 1.73. The molecular formula is C7H8NO. The molecule has 2 heteroatoms. The number of rotatable bonds is 2. The third kappa shape index (κ3) is 1.82. The maximum atomic E-state index is 8.47. The van der Waals surface area contributed by atoms with Gasteiger partial charge in [0.15, 0.2) is 0 Å². The lowest BCUT2D eigenvalue weighted by Gasteiger charge is -1.91. The van der Waals surface area contributed by atoms with Crippen molar-refractivity contribution in [3.63, 3.8) is 0 Å². The Hall–Kier alpha value is -0.890. The van der Waals surface area contributed by atoms with E-state index >= 15 is 0 Å². The van der Waals surface area contributed by atoms with Crippen molar-refractivity contribution in [2.75, 3.05) is 6.61 Å². The van der Waals surface area contributed by atoms with Crippen molar-refractivity contribution in [3.8, 4) is 0 Å². The fourth-order valence-corrected chi connectivity index (χ4v) is 0.613. The van der Waals surface area contributed by atoms with E-state index in [-0.39, 0.29) is 6.61 Å². The summed E-state index contributed by atoms with van der Waals surface area (Å²) in [6.07, 6.45) is 3.31. The van der Waals surface area contributed by atoms with E-state index in [9.17, 15) is 0 Å². The molecule has 0 aliphatic rings. The first-order valence-corrected chi connectivity index (χ1v) is 2.86. The summed E-state index contributed by atoms with van der Waals surface area (Å²) in [4.78, 5) is 3.88. The van der Waals surface area contributed by atoms with E-state index in [1.807, 2.05) is 12.1 Å². The third-order valence-electron chi connectivity index (χ3n) is 1.04. The molecule has 1 aromatic rings. The molecule has 0 saturated carbocycles. The van der Waals surface area contributed by atoms with Crippen molar-refractivity contribution in [1.82, 2.24) is 4.98 Å². The fraction of sp³-hybridized carbons (Fsp3) is 0.286. The van der Waals surface area contributed by atoms with Crippen LogP contribution < -0.4 is 0 Å². The highest BCUT2D eigenvalue weighted by Crippen LogP contribution is 1.91. The summed E-state index contributed by atoms with van der Waals surface area (Å²) in [6.45, 7) is 0.158. The number of pyridine rings is 1. The molecule has 0 amide bonds. The van der Waals surface area contributed by atoms with Crippen molar-refractivity contribution in [1.29, 1.82) is 0 Å². The van der Waals surface area contributed by atoms with Crippen LogP contribution in [0.1, 0.15) is 5.69 Å². The predicted molar refractivity (Wildman–Crippen MR) is 33.9 cm³/mol. The van der Waals surface area contributed by atoms with Crippen molar-refractivity contribution in [2.24, 2.45) is 0 Å². The third-order valence-corrected chi connectivity index (χ3v) is 1.04. The molecule has 1 N–H and O–H groups in total. The van der Waals surface area contributed by atoms with E-state index in [0.29, 0.717) is 6.42 Å². The second-order valence-electron chi connectivity index (χ2n) is 1.73. The number of hydrogen-bond acceptors (Lipinski definition) is 2. The first-order chi connectivity index (χ1) is 4.43. The van der Waals surface area contributed by atoms with Crippen LogP contribution >= 0.6 is 0 Å². The second kappa shape index (κ2) is 3.20. The molecule has 0 spiro atoms. The van der Waals surface area contributed by atoms with E-state index in [1.54, 1.807) is 6.07 Å². The van der Waals surface area contributed by atoms with Crippen LogP contribution in [0.2, 0.25) is 0 Å². The standard InChI is InChI=1S/C7H8NO/c9-6-4-7-3-1-2-5-8-7/h1-3,9H,4,6H2. The quantitative estimate of drug-likeness (QED) is 0.616. The van der Waals surface area contributed by atoms with Crippen molar-refractivity contribution >= 4 is 0 Å². The highest BCUT2D eigenvalue weighted by molar-refractivity contribution is 5.02. The Labute approximate surface area is 54.2 Å². The average Bonchev–Trinajstić information content (AvgIpc) is 1.91. The topological polar surface area (TPSA) is 33.1 Å². The summed E-state index contributed by atoms with van der Waals surface area (Å²) >= 11 is 0. The molecule has 9 heavy (non-hydrogen) atoms. The lowest BCUT2D eigenvalue weighted by atomic mass is 10.3. The smallest absolute Gasteiger partial charge is 0.0889 e. The van der Waals surface area contributed by atoms with E-state index in [1.165, 1.54) is 0 Å². The van der Waals surface area contributed by atoms with Gasteiger partial charge in [0.25, 0.3) is 0 Å². The Bertz CT molecular complexity index is 162. The van der Waals surface area contributed by atoms with Gasteiger partial charge in [-0.3, -0.25) is 4.98 Å². The summed E-state index contributed by atoms with van der Waals surface area (Å²) in [5, 5.41) is 8.47. The van der Waals surface area contributed by atoms with Crippen LogP contribution in [0, 0.1) is 6.20 Å². The number of aliphatic hydroxyl groups is 1. The lowest BCUT2D eigenvalue weighted by molar-refractivity contribution is 0.298. The van der Waals surface area contributed by atoms with Gasteiger partial charge in [-0.05, 0) is 12.1 Å². The Morgan fingerprint density at radius 3 is 3.11 bits per heavy atom. The molecule has 1 radical (unpaired) electrons. The van der Waals surface area contributed by atoms with Crippen molar-refractivity contribution in [2.45, 2.75) is 6.42 Å². The highest BCUT2D eigenvalue weighted by atomic mass is 16.3. The number of hydrogen-bond donors (Lipinski definition) is 1. The van der Waals surface area contributed by atoms with Crippen LogP contribution in [0.25, 0.3) is 0 Å². The molecule has 0 atom stereocenters. The Morgan fingerprint density at radius 2 is 2.56 bits per heavy atom. The monoisotopic (exact) mass is 122 g/mol. The maximum Gasteiger partial charge on any atom is 0.0889 e. The Kier molecular flexibility index (Phi) is 2.22. The molecule has 1 rings (SSSR count). The van der Waals surface area contributed by atoms with Gasteiger partial charge in [0.1, 0.15) is 0 Å².